The summed E-state index contributed by atoms with van der Waals surface area (Å²) in [7, 11) is 0. The van der Waals surface area contributed by atoms with Crippen molar-refractivity contribution < 1.29 is 0 Å². The third-order valence-electron chi connectivity index (χ3n) is 3.79. The highest BCUT2D eigenvalue weighted by atomic mass is 15.0. The molecule has 1 heteroatoms. The first-order valence-electron chi connectivity index (χ1n) is 6.55. The molecule has 0 unspecified atom stereocenters. The van der Waals surface area contributed by atoms with E-state index in [2.05, 4.69) is 56.4 Å². The highest BCUT2D eigenvalue weighted by Crippen LogP contribution is 2.18. The minimum Gasteiger partial charge on any atom is -0.311 e. The summed E-state index contributed by atoms with van der Waals surface area (Å²) in [6, 6.07) is 10.7. The maximum Gasteiger partial charge on any atom is 0.0173 e. The molecule has 0 heterocycles. The lowest BCUT2D eigenvalue weighted by atomic mass is 9.89. The van der Waals surface area contributed by atoms with Crippen molar-refractivity contribution in [3.8, 4) is 0 Å². The third-order valence-corrected chi connectivity index (χ3v) is 3.79. The van der Waals surface area contributed by atoms with Crippen LogP contribution in [0.25, 0.3) is 0 Å². The molecule has 0 aliphatic carbocycles. The van der Waals surface area contributed by atoms with Gasteiger partial charge in [-0.2, -0.15) is 0 Å². The zero-order valence-corrected chi connectivity index (χ0v) is 10.9. The summed E-state index contributed by atoms with van der Waals surface area (Å²) in [6.07, 6.45) is 4.78. The van der Waals surface area contributed by atoms with Gasteiger partial charge in [-0.25, -0.2) is 0 Å². The fourth-order valence-electron chi connectivity index (χ4n) is 2.24. The normalized spacial score (nSPS) is 11.7. The lowest BCUT2D eigenvalue weighted by Gasteiger charge is -2.32. The molecule has 0 aliphatic heterocycles. The minimum atomic E-state index is 0.356. The molecule has 1 N–H and O–H groups in total. The first-order chi connectivity index (χ1) is 7.76. The van der Waals surface area contributed by atoms with Gasteiger partial charge in [-0.1, -0.05) is 51.1 Å². The quantitative estimate of drug-likeness (QED) is 0.735. The summed E-state index contributed by atoms with van der Waals surface area (Å²) in [5.41, 5.74) is 1.78. The van der Waals surface area contributed by atoms with Crippen LogP contribution in [0.1, 0.15) is 45.6 Å². The molecule has 0 fully saturated rings. The molecule has 16 heavy (non-hydrogen) atoms. The Labute approximate surface area is 100 Å². The van der Waals surface area contributed by atoms with Crippen LogP contribution in [0.15, 0.2) is 30.3 Å². The predicted octanol–water partition coefficient (Wildman–Crippen LogP) is 3.79. The third kappa shape index (κ3) is 3.64. The van der Waals surface area contributed by atoms with Gasteiger partial charge in [-0.3, -0.25) is 0 Å². The van der Waals surface area contributed by atoms with E-state index in [1.807, 2.05) is 0 Å². The average Bonchev–Trinajstić information content (AvgIpc) is 2.37. The Kier molecular flexibility index (Phi) is 5.54. The SMILES string of the molecule is CCC(CC)(CC)NCCc1ccccc1. The van der Waals surface area contributed by atoms with E-state index in [0.717, 1.165) is 13.0 Å². The molecule has 0 aromatic heterocycles. The molecule has 0 radical (unpaired) electrons. The Morgan fingerprint density at radius 1 is 0.938 bits per heavy atom. The summed E-state index contributed by atoms with van der Waals surface area (Å²) < 4.78 is 0. The van der Waals surface area contributed by atoms with Crippen LogP contribution in [0.3, 0.4) is 0 Å². The number of rotatable bonds is 7. The summed E-state index contributed by atoms with van der Waals surface area (Å²) in [6.45, 7) is 7.92. The van der Waals surface area contributed by atoms with Crippen molar-refractivity contribution in [3.63, 3.8) is 0 Å². The fraction of sp³-hybridized carbons (Fsp3) is 0.600. The standard InChI is InChI=1S/C15H25N/c1-4-15(5-2,6-3)16-13-12-14-10-8-7-9-11-14/h7-11,16H,4-6,12-13H2,1-3H3. The van der Waals surface area contributed by atoms with Crippen molar-refractivity contribution in [1.29, 1.82) is 0 Å². The van der Waals surface area contributed by atoms with Gasteiger partial charge < -0.3 is 5.32 Å². The van der Waals surface area contributed by atoms with Crippen LogP contribution in [-0.2, 0) is 6.42 Å². The molecular weight excluding hydrogens is 194 g/mol. The fourth-order valence-corrected chi connectivity index (χ4v) is 2.24. The molecule has 0 bridgehead atoms. The van der Waals surface area contributed by atoms with Gasteiger partial charge in [-0.15, -0.1) is 0 Å². The molecule has 1 rings (SSSR count). The topological polar surface area (TPSA) is 12.0 Å². The Bertz CT molecular complexity index is 266. The maximum absolute atomic E-state index is 3.73. The minimum absolute atomic E-state index is 0.356. The molecule has 0 aliphatic rings. The zero-order valence-electron chi connectivity index (χ0n) is 10.9. The van der Waals surface area contributed by atoms with E-state index in [9.17, 15) is 0 Å². The first-order valence-corrected chi connectivity index (χ1v) is 6.55. The molecule has 0 atom stereocenters. The van der Waals surface area contributed by atoms with Crippen molar-refractivity contribution in [3.05, 3.63) is 35.9 Å². The molecule has 0 spiro atoms. The Balaban J connectivity index is 2.39. The van der Waals surface area contributed by atoms with Crippen LogP contribution >= 0.6 is 0 Å². The van der Waals surface area contributed by atoms with Crippen molar-refractivity contribution >= 4 is 0 Å². The van der Waals surface area contributed by atoms with Gasteiger partial charge in [0.15, 0.2) is 0 Å². The van der Waals surface area contributed by atoms with Crippen LogP contribution in [0.5, 0.6) is 0 Å². The van der Waals surface area contributed by atoms with E-state index in [0.29, 0.717) is 5.54 Å². The van der Waals surface area contributed by atoms with Crippen molar-refractivity contribution in [2.45, 2.75) is 52.0 Å². The number of hydrogen-bond donors (Lipinski definition) is 1. The second kappa shape index (κ2) is 6.70. The van der Waals surface area contributed by atoms with Gasteiger partial charge in [-0.05, 0) is 37.8 Å². The molecule has 1 nitrogen and oxygen atoms in total. The first kappa shape index (κ1) is 13.2. The largest absolute Gasteiger partial charge is 0.311 e. The van der Waals surface area contributed by atoms with Gasteiger partial charge in [0.25, 0.3) is 0 Å². The molecule has 90 valence electrons. The predicted molar refractivity (Wildman–Crippen MR) is 71.8 cm³/mol. The smallest absolute Gasteiger partial charge is 0.0173 e. The Morgan fingerprint density at radius 3 is 2.00 bits per heavy atom. The van der Waals surface area contributed by atoms with Gasteiger partial charge in [0, 0.05) is 5.54 Å². The second-order valence-electron chi connectivity index (χ2n) is 4.50. The molecule has 0 amide bonds. The summed E-state index contributed by atoms with van der Waals surface area (Å²) >= 11 is 0. The summed E-state index contributed by atoms with van der Waals surface area (Å²) in [5.74, 6) is 0. The van der Waals surface area contributed by atoms with Crippen LogP contribution in [0.4, 0.5) is 0 Å². The van der Waals surface area contributed by atoms with Crippen molar-refractivity contribution in [2.24, 2.45) is 0 Å². The lowest BCUT2D eigenvalue weighted by Crippen LogP contribution is -2.44. The Hall–Kier alpha value is -0.820. The Morgan fingerprint density at radius 2 is 1.50 bits per heavy atom. The van der Waals surface area contributed by atoms with Gasteiger partial charge in [0.2, 0.25) is 0 Å². The molecule has 0 saturated heterocycles. The van der Waals surface area contributed by atoms with E-state index in [1.165, 1.54) is 24.8 Å². The van der Waals surface area contributed by atoms with Crippen LogP contribution in [0.2, 0.25) is 0 Å². The van der Waals surface area contributed by atoms with E-state index in [1.54, 1.807) is 0 Å². The molecule has 1 aromatic carbocycles. The lowest BCUT2D eigenvalue weighted by molar-refractivity contribution is 0.292. The van der Waals surface area contributed by atoms with E-state index < -0.39 is 0 Å². The molecular formula is C15H25N. The maximum atomic E-state index is 3.73. The van der Waals surface area contributed by atoms with E-state index in [4.69, 9.17) is 0 Å². The molecule has 1 aromatic rings. The average molecular weight is 219 g/mol. The zero-order chi connectivity index (χ0) is 11.9. The van der Waals surface area contributed by atoms with Crippen LogP contribution in [0, 0.1) is 0 Å². The number of benzene rings is 1. The second-order valence-corrected chi connectivity index (χ2v) is 4.50. The van der Waals surface area contributed by atoms with Crippen LogP contribution in [-0.4, -0.2) is 12.1 Å². The van der Waals surface area contributed by atoms with Crippen molar-refractivity contribution in [2.75, 3.05) is 6.54 Å². The monoisotopic (exact) mass is 219 g/mol. The number of hydrogen-bond acceptors (Lipinski definition) is 1. The number of nitrogens with one attached hydrogen (secondary N) is 1. The van der Waals surface area contributed by atoms with E-state index in [-0.39, 0.29) is 0 Å². The van der Waals surface area contributed by atoms with E-state index >= 15 is 0 Å². The summed E-state index contributed by atoms with van der Waals surface area (Å²) in [5, 5.41) is 3.73. The highest BCUT2D eigenvalue weighted by Gasteiger charge is 2.21. The highest BCUT2D eigenvalue weighted by molar-refractivity contribution is 5.14. The van der Waals surface area contributed by atoms with Crippen molar-refractivity contribution in [1.82, 2.24) is 5.32 Å². The summed E-state index contributed by atoms with van der Waals surface area (Å²) in [4.78, 5) is 0. The van der Waals surface area contributed by atoms with Crippen LogP contribution < -0.4 is 5.32 Å². The van der Waals surface area contributed by atoms with Gasteiger partial charge >= 0.3 is 0 Å². The van der Waals surface area contributed by atoms with Gasteiger partial charge in [0.05, 0.1) is 0 Å². The molecule has 0 saturated carbocycles. The van der Waals surface area contributed by atoms with Gasteiger partial charge in [0.1, 0.15) is 0 Å².